The number of unbranched alkanes of at least 4 members (excludes halogenated alkanes) is 3. The molecule has 0 heterocycles. The molecule has 0 spiro atoms. The van der Waals surface area contributed by atoms with Gasteiger partial charge in [0, 0.05) is 0 Å². The van der Waals surface area contributed by atoms with E-state index >= 15 is 0 Å². The van der Waals surface area contributed by atoms with Crippen LogP contribution in [-0.4, -0.2) is 17.6 Å². The first-order valence-corrected chi connectivity index (χ1v) is 21.8. The van der Waals surface area contributed by atoms with Crippen molar-refractivity contribution in [2.75, 3.05) is 0 Å². The second kappa shape index (κ2) is 7.49. The molecule has 0 radical (unpaired) electrons. The Hall–Kier alpha value is 1.17. The van der Waals surface area contributed by atoms with Gasteiger partial charge in [-0.05, 0) is 0 Å². The molecule has 0 N–H and O–H groups in total. The fourth-order valence-electron chi connectivity index (χ4n) is 2.13. The average Bonchev–Trinajstić information content (AvgIpc) is 2.22. The molecule has 0 fully saturated rings. The van der Waals surface area contributed by atoms with Gasteiger partial charge in [0.15, 0.2) is 0 Å². The predicted molar refractivity (Wildman–Crippen MR) is 76.6 cm³/mol. The van der Waals surface area contributed by atoms with Crippen molar-refractivity contribution in [1.29, 1.82) is 0 Å². The summed E-state index contributed by atoms with van der Waals surface area (Å²) in [5.41, 5.74) is 0. The topological polar surface area (TPSA) is 0 Å². The fraction of sp³-hybridized carbons (Fsp3) is 1.00. The first-order chi connectivity index (χ1) is 6.96. The molecule has 0 aliphatic rings. The van der Waals surface area contributed by atoms with Gasteiger partial charge in [-0.25, -0.2) is 0 Å². The molecule has 0 atom stereocenters. The minimum absolute atomic E-state index is 1.31. The Balaban J connectivity index is 4.33. The molecule has 0 saturated carbocycles. The normalized spacial score (nSPS) is 14.9. The van der Waals surface area contributed by atoms with Crippen molar-refractivity contribution in [2.24, 2.45) is 0 Å². The Morgan fingerprint density at radius 3 is 1.20 bits per heavy atom. The van der Waals surface area contributed by atoms with Crippen LogP contribution in [0.4, 0.5) is 0 Å². The Kier molecular flexibility index (Phi) is 8.08. The molecule has 94 valence electrons. The molecule has 0 aromatic heterocycles. The molecule has 0 aliphatic carbocycles. The SMILES string of the molecule is CCC[CH2][Bi]([CH3])([Cl])([CH2]CCC)[CH2]CCC. The van der Waals surface area contributed by atoms with Gasteiger partial charge in [0.25, 0.3) is 0 Å². The van der Waals surface area contributed by atoms with Gasteiger partial charge in [0.2, 0.25) is 0 Å². The Bertz CT molecular complexity index is 137. The summed E-state index contributed by atoms with van der Waals surface area (Å²) < 4.78 is 6.69. The van der Waals surface area contributed by atoms with Gasteiger partial charge in [-0.1, -0.05) is 0 Å². The van der Waals surface area contributed by atoms with Crippen LogP contribution in [0.5, 0.6) is 0 Å². The van der Waals surface area contributed by atoms with Crippen molar-refractivity contribution in [2.45, 2.75) is 76.3 Å². The number of hydrogen-bond donors (Lipinski definition) is 0. The van der Waals surface area contributed by atoms with E-state index in [0.717, 1.165) is 0 Å². The van der Waals surface area contributed by atoms with Gasteiger partial charge in [-0.15, -0.1) is 0 Å². The van der Waals surface area contributed by atoms with Gasteiger partial charge in [-0.3, -0.25) is 0 Å². The van der Waals surface area contributed by atoms with Gasteiger partial charge < -0.3 is 0 Å². The Morgan fingerprint density at radius 2 is 1.00 bits per heavy atom. The third kappa shape index (κ3) is 7.16. The van der Waals surface area contributed by atoms with Crippen molar-refractivity contribution in [3.8, 4) is 0 Å². The average molecular weight is 431 g/mol. The molecular formula is C13H30BiCl. The minimum atomic E-state index is -2.77. The van der Waals surface area contributed by atoms with Gasteiger partial charge in [0.05, 0.1) is 0 Å². The van der Waals surface area contributed by atoms with Crippen molar-refractivity contribution in [3.05, 3.63) is 0 Å². The summed E-state index contributed by atoms with van der Waals surface area (Å²) in [4.78, 5) is 0. The number of hydrogen-bond acceptors (Lipinski definition) is 0. The van der Waals surface area contributed by atoms with Crippen molar-refractivity contribution in [1.82, 2.24) is 0 Å². The number of halogens is 1. The zero-order valence-corrected chi connectivity index (χ0v) is 15.4. The zero-order valence-electron chi connectivity index (χ0n) is 11.2. The van der Waals surface area contributed by atoms with Crippen molar-refractivity contribution >= 4 is 26.1 Å². The van der Waals surface area contributed by atoms with Crippen molar-refractivity contribution < 1.29 is 0 Å². The number of rotatable bonds is 9. The summed E-state index contributed by atoms with van der Waals surface area (Å²) in [7, 11) is 7.14. The van der Waals surface area contributed by atoms with E-state index in [2.05, 4.69) is 25.4 Å². The Morgan fingerprint density at radius 1 is 0.733 bits per heavy atom. The summed E-state index contributed by atoms with van der Waals surface area (Å²) in [6, 6.07) is 0. The summed E-state index contributed by atoms with van der Waals surface area (Å²) in [6.45, 7) is 6.85. The first kappa shape index (κ1) is 16.2. The van der Waals surface area contributed by atoms with Crippen LogP contribution in [0.1, 0.15) is 59.3 Å². The quantitative estimate of drug-likeness (QED) is 0.385. The van der Waals surface area contributed by atoms with E-state index in [0.29, 0.717) is 0 Å². The monoisotopic (exact) mass is 430 g/mol. The summed E-state index contributed by atoms with van der Waals surface area (Å²) >= 11 is -2.77. The molecule has 0 aromatic carbocycles. The molecule has 0 nitrogen and oxygen atoms in total. The van der Waals surface area contributed by atoms with Crippen LogP contribution in [-0.2, 0) is 0 Å². The fourth-order valence-corrected chi connectivity index (χ4v) is 21.9. The molecule has 15 heavy (non-hydrogen) atoms. The zero-order chi connectivity index (χ0) is 11.8. The van der Waals surface area contributed by atoms with Crippen LogP contribution in [0.25, 0.3) is 0 Å². The molecule has 0 amide bonds. The van der Waals surface area contributed by atoms with Crippen LogP contribution in [0.15, 0.2) is 0 Å². The van der Waals surface area contributed by atoms with E-state index in [1.165, 1.54) is 50.9 Å². The van der Waals surface area contributed by atoms with E-state index in [4.69, 9.17) is 8.51 Å². The molecule has 2 heteroatoms. The van der Waals surface area contributed by atoms with E-state index in [1.807, 2.05) is 0 Å². The summed E-state index contributed by atoms with van der Waals surface area (Å²) in [5.74, 6) is 0. The molecule has 0 saturated heterocycles. The second-order valence-corrected chi connectivity index (χ2v) is 36.5. The van der Waals surface area contributed by atoms with E-state index in [-0.39, 0.29) is 0 Å². The van der Waals surface area contributed by atoms with Crippen LogP contribution >= 0.6 is 8.51 Å². The molecule has 0 unspecified atom stereocenters. The van der Waals surface area contributed by atoms with Crippen molar-refractivity contribution in [3.63, 3.8) is 0 Å². The van der Waals surface area contributed by atoms with Gasteiger partial charge in [0.1, 0.15) is 0 Å². The summed E-state index contributed by atoms with van der Waals surface area (Å²) in [6.07, 6.45) is 8.01. The third-order valence-electron chi connectivity index (χ3n) is 3.41. The molecule has 0 bridgehead atoms. The second-order valence-electron chi connectivity index (χ2n) is 5.38. The van der Waals surface area contributed by atoms with Crippen LogP contribution in [0, 0.1) is 0 Å². The summed E-state index contributed by atoms with van der Waals surface area (Å²) in [5, 5.41) is 0. The van der Waals surface area contributed by atoms with E-state index in [1.54, 1.807) is 0 Å². The maximum absolute atomic E-state index is 7.14. The predicted octanol–water partition coefficient (Wildman–Crippen LogP) is 6.15. The molecular weight excluding hydrogens is 401 g/mol. The molecule has 0 aromatic rings. The standard InChI is InChI=1S/3C4H9.CH3.Bi.ClH/c3*1-3-4-2;;;/h3*1,3-4H2,2H3;1H3;;1H/q;;;;+1;/p-1. The Labute approximate surface area is 102 Å². The maximum atomic E-state index is 7.14. The third-order valence-corrected chi connectivity index (χ3v) is 26.1. The van der Waals surface area contributed by atoms with Gasteiger partial charge in [-0.2, -0.15) is 0 Å². The van der Waals surface area contributed by atoms with E-state index < -0.39 is 17.6 Å². The molecule has 0 rings (SSSR count). The van der Waals surface area contributed by atoms with Crippen LogP contribution in [0.3, 0.4) is 0 Å². The van der Waals surface area contributed by atoms with Crippen LogP contribution in [0.2, 0.25) is 17.0 Å². The first-order valence-electron chi connectivity index (χ1n) is 6.69. The van der Waals surface area contributed by atoms with Crippen LogP contribution < -0.4 is 0 Å². The van der Waals surface area contributed by atoms with E-state index in [9.17, 15) is 0 Å². The van der Waals surface area contributed by atoms with Gasteiger partial charge >= 0.3 is 102 Å². The molecule has 0 aliphatic heterocycles.